The van der Waals surface area contributed by atoms with Crippen molar-refractivity contribution in [3.05, 3.63) is 76.8 Å². The molecular formula is C23H24ClFN4O2S. The van der Waals surface area contributed by atoms with Gasteiger partial charge in [-0.2, -0.15) is 0 Å². The molecule has 0 fully saturated rings. The molecule has 2 aromatic carbocycles. The van der Waals surface area contributed by atoms with Gasteiger partial charge in [-0.1, -0.05) is 35.5 Å². The molecule has 0 saturated carbocycles. The Kier molecular flexibility index (Phi) is 7.93. The van der Waals surface area contributed by atoms with Crippen molar-refractivity contribution < 1.29 is 13.9 Å². The van der Waals surface area contributed by atoms with Crippen LogP contribution in [0.5, 0.6) is 5.75 Å². The topological polar surface area (TPSA) is 69.0 Å². The molecular weight excluding hydrogens is 451 g/mol. The predicted molar refractivity (Wildman–Crippen MR) is 126 cm³/mol. The van der Waals surface area contributed by atoms with Gasteiger partial charge in [-0.15, -0.1) is 16.8 Å². The van der Waals surface area contributed by atoms with E-state index in [0.29, 0.717) is 23.3 Å². The molecule has 0 aliphatic rings. The van der Waals surface area contributed by atoms with Crippen LogP contribution in [0.1, 0.15) is 30.0 Å². The molecule has 168 valence electrons. The van der Waals surface area contributed by atoms with Crippen LogP contribution in [0, 0.1) is 19.7 Å². The molecule has 1 aromatic heterocycles. The zero-order chi connectivity index (χ0) is 23.3. The number of amides is 1. The van der Waals surface area contributed by atoms with E-state index in [1.807, 2.05) is 36.6 Å². The van der Waals surface area contributed by atoms with Gasteiger partial charge in [-0.05, 0) is 62.2 Å². The summed E-state index contributed by atoms with van der Waals surface area (Å²) in [6, 6.07) is 9.72. The zero-order valence-corrected chi connectivity index (χ0v) is 19.6. The van der Waals surface area contributed by atoms with Gasteiger partial charge in [0.25, 0.3) is 0 Å². The first-order chi connectivity index (χ1) is 15.3. The van der Waals surface area contributed by atoms with Crippen LogP contribution in [0.2, 0.25) is 5.02 Å². The van der Waals surface area contributed by atoms with Crippen LogP contribution in [0.25, 0.3) is 0 Å². The molecule has 0 bridgehead atoms. The standard InChI is InChI=1S/C23H24ClFN4O2S/c1-5-10-29-22(16(4)31-20-9-7-17(25)12-19(20)24)27-28-23(29)32-13-21(30)26-18-8-6-14(2)15(3)11-18/h5-9,11-12,16H,1,10,13H2,2-4H3,(H,26,30). The van der Waals surface area contributed by atoms with Gasteiger partial charge in [-0.3, -0.25) is 9.36 Å². The summed E-state index contributed by atoms with van der Waals surface area (Å²) in [6.07, 6.45) is 1.20. The fourth-order valence-corrected chi connectivity index (χ4v) is 3.94. The number of ether oxygens (including phenoxy) is 1. The number of nitrogens with one attached hydrogen (secondary N) is 1. The van der Waals surface area contributed by atoms with Crippen molar-refractivity contribution >= 4 is 35.0 Å². The van der Waals surface area contributed by atoms with Crippen LogP contribution >= 0.6 is 23.4 Å². The summed E-state index contributed by atoms with van der Waals surface area (Å²) in [5.41, 5.74) is 3.03. The Morgan fingerprint density at radius 2 is 2.06 bits per heavy atom. The molecule has 1 heterocycles. The number of allylic oxidation sites excluding steroid dienone is 1. The summed E-state index contributed by atoms with van der Waals surface area (Å²) >= 11 is 7.33. The van der Waals surface area contributed by atoms with Gasteiger partial charge in [0.15, 0.2) is 17.1 Å². The molecule has 1 unspecified atom stereocenters. The molecule has 0 aliphatic heterocycles. The maximum Gasteiger partial charge on any atom is 0.234 e. The maximum atomic E-state index is 13.3. The summed E-state index contributed by atoms with van der Waals surface area (Å²) in [7, 11) is 0. The number of hydrogen-bond donors (Lipinski definition) is 1. The van der Waals surface area contributed by atoms with E-state index in [4.69, 9.17) is 16.3 Å². The zero-order valence-electron chi connectivity index (χ0n) is 18.1. The van der Waals surface area contributed by atoms with Gasteiger partial charge in [0.2, 0.25) is 5.91 Å². The number of nitrogens with zero attached hydrogens (tertiary/aromatic N) is 3. The molecule has 0 radical (unpaired) electrons. The van der Waals surface area contributed by atoms with E-state index in [1.165, 1.54) is 35.5 Å². The van der Waals surface area contributed by atoms with Crippen molar-refractivity contribution in [3.63, 3.8) is 0 Å². The van der Waals surface area contributed by atoms with E-state index in [0.717, 1.165) is 11.3 Å². The molecule has 0 spiro atoms. The number of benzene rings is 2. The van der Waals surface area contributed by atoms with Crippen LogP contribution in [0.3, 0.4) is 0 Å². The quantitative estimate of drug-likeness (QED) is 0.316. The Hall–Kier alpha value is -2.84. The van der Waals surface area contributed by atoms with Crippen LogP contribution < -0.4 is 10.1 Å². The van der Waals surface area contributed by atoms with E-state index in [1.54, 1.807) is 13.0 Å². The largest absolute Gasteiger partial charge is 0.481 e. The Morgan fingerprint density at radius 1 is 1.28 bits per heavy atom. The van der Waals surface area contributed by atoms with Crippen molar-refractivity contribution in [2.24, 2.45) is 0 Å². The summed E-state index contributed by atoms with van der Waals surface area (Å²) in [4.78, 5) is 12.4. The highest BCUT2D eigenvalue weighted by molar-refractivity contribution is 7.99. The Morgan fingerprint density at radius 3 is 2.75 bits per heavy atom. The van der Waals surface area contributed by atoms with Crippen molar-refractivity contribution in [2.75, 3.05) is 11.1 Å². The number of halogens is 2. The highest BCUT2D eigenvalue weighted by Gasteiger charge is 2.20. The molecule has 0 aliphatic carbocycles. The van der Waals surface area contributed by atoms with Crippen LogP contribution in [0.4, 0.5) is 10.1 Å². The minimum Gasteiger partial charge on any atom is -0.481 e. The van der Waals surface area contributed by atoms with Crippen molar-refractivity contribution in [1.29, 1.82) is 0 Å². The van der Waals surface area contributed by atoms with Crippen molar-refractivity contribution in [3.8, 4) is 5.75 Å². The fourth-order valence-electron chi connectivity index (χ4n) is 2.97. The second-order valence-electron chi connectivity index (χ2n) is 7.21. The number of carbonyl (C=O) groups excluding carboxylic acids is 1. The van der Waals surface area contributed by atoms with E-state index in [-0.39, 0.29) is 16.7 Å². The predicted octanol–water partition coefficient (Wildman–Crippen LogP) is 5.74. The van der Waals surface area contributed by atoms with Gasteiger partial charge in [0.05, 0.1) is 10.8 Å². The summed E-state index contributed by atoms with van der Waals surface area (Å²) in [5, 5.41) is 12.1. The molecule has 1 N–H and O–H groups in total. The molecule has 3 aromatic rings. The molecule has 6 nitrogen and oxygen atoms in total. The number of anilines is 1. The van der Waals surface area contributed by atoms with E-state index in [2.05, 4.69) is 22.1 Å². The molecule has 1 atom stereocenters. The van der Waals surface area contributed by atoms with E-state index in [9.17, 15) is 9.18 Å². The molecule has 32 heavy (non-hydrogen) atoms. The number of hydrogen-bond acceptors (Lipinski definition) is 5. The normalized spacial score (nSPS) is 11.8. The van der Waals surface area contributed by atoms with Gasteiger partial charge in [0.1, 0.15) is 11.6 Å². The third kappa shape index (κ3) is 5.89. The second-order valence-corrected chi connectivity index (χ2v) is 8.56. The Labute approximate surface area is 195 Å². The molecule has 9 heteroatoms. The van der Waals surface area contributed by atoms with Gasteiger partial charge < -0.3 is 10.1 Å². The SMILES string of the molecule is C=CCn1c(SCC(=O)Nc2ccc(C)c(C)c2)nnc1C(C)Oc1ccc(F)cc1Cl. The van der Waals surface area contributed by atoms with Gasteiger partial charge >= 0.3 is 0 Å². The summed E-state index contributed by atoms with van der Waals surface area (Å²) in [6.45, 7) is 10.0. The van der Waals surface area contributed by atoms with Gasteiger partial charge in [-0.25, -0.2) is 4.39 Å². The van der Waals surface area contributed by atoms with Crippen molar-refractivity contribution in [2.45, 2.75) is 38.6 Å². The third-order valence-corrected chi connectivity index (χ3v) is 6.00. The second kappa shape index (κ2) is 10.7. The maximum absolute atomic E-state index is 13.3. The first-order valence-electron chi connectivity index (χ1n) is 9.94. The monoisotopic (exact) mass is 474 g/mol. The highest BCUT2D eigenvalue weighted by atomic mass is 35.5. The number of aromatic nitrogens is 3. The average Bonchev–Trinajstić information content (AvgIpc) is 3.14. The summed E-state index contributed by atoms with van der Waals surface area (Å²) < 4.78 is 21.0. The molecule has 0 saturated heterocycles. The lowest BCUT2D eigenvalue weighted by molar-refractivity contribution is -0.113. The fraction of sp³-hybridized carbons (Fsp3) is 0.261. The third-order valence-electron chi connectivity index (χ3n) is 4.74. The van der Waals surface area contributed by atoms with Crippen LogP contribution in [-0.2, 0) is 11.3 Å². The molecule has 1 amide bonds. The molecule has 3 rings (SSSR count). The minimum absolute atomic E-state index is 0.143. The lowest BCUT2D eigenvalue weighted by atomic mass is 10.1. The van der Waals surface area contributed by atoms with Gasteiger partial charge in [0, 0.05) is 12.2 Å². The van der Waals surface area contributed by atoms with Crippen LogP contribution in [0.15, 0.2) is 54.2 Å². The first-order valence-corrected chi connectivity index (χ1v) is 11.3. The van der Waals surface area contributed by atoms with E-state index < -0.39 is 11.9 Å². The number of thioether (sulfide) groups is 1. The number of rotatable bonds is 9. The van der Waals surface area contributed by atoms with E-state index >= 15 is 0 Å². The van der Waals surface area contributed by atoms with Crippen LogP contribution in [-0.4, -0.2) is 26.4 Å². The average molecular weight is 475 g/mol. The highest BCUT2D eigenvalue weighted by Crippen LogP contribution is 2.30. The Bertz CT molecular complexity index is 1140. The Balaban J connectivity index is 1.68. The number of aryl methyl sites for hydroxylation is 2. The summed E-state index contributed by atoms with van der Waals surface area (Å²) in [5.74, 6) is 0.470. The smallest absolute Gasteiger partial charge is 0.234 e. The van der Waals surface area contributed by atoms with Crippen molar-refractivity contribution in [1.82, 2.24) is 14.8 Å². The minimum atomic E-state index is -0.510. The lowest BCUT2D eigenvalue weighted by Gasteiger charge is -2.16. The lowest BCUT2D eigenvalue weighted by Crippen LogP contribution is -2.15. The first kappa shape index (κ1) is 23.8. The number of carbonyl (C=O) groups is 1.